The van der Waals surface area contributed by atoms with Crippen molar-refractivity contribution in [2.24, 2.45) is 0 Å². The van der Waals surface area contributed by atoms with Gasteiger partial charge in [0.25, 0.3) is 0 Å². The van der Waals surface area contributed by atoms with Crippen molar-refractivity contribution >= 4 is 5.91 Å². The molecule has 0 saturated heterocycles. The van der Waals surface area contributed by atoms with E-state index in [9.17, 15) is 4.79 Å². The smallest absolute Gasteiger partial charge is 0.236 e. The zero-order valence-electron chi connectivity index (χ0n) is 12.9. The summed E-state index contributed by atoms with van der Waals surface area (Å²) in [5, 5.41) is 3.20. The Bertz CT molecular complexity index is 473. The van der Waals surface area contributed by atoms with E-state index >= 15 is 0 Å². The van der Waals surface area contributed by atoms with Crippen LogP contribution in [0.1, 0.15) is 19.4 Å². The third kappa shape index (κ3) is 4.36. The number of carbonyl (C=O) groups is 1. The van der Waals surface area contributed by atoms with Gasteiger partial charge < -0.3 is 19.7 Å². The molecule has 116 valence electrons. The van der Waals surface area contributed by atoms with Gasteiger partial charge >= 0.3 is 0 Å². The van der Waals surface area contributed by atoms with Crippen LogP contribution in [0.2, 0.25) is 0 Å². The lowest BCUT2D eigenvalue weighted by molar-refractivity contribution is -0.129. The average molecular weight is 292 g/mol. The minimum Gasteiger partial charge on any atom is -0.486 e. The van der Waals surface area contributed by atoms with Crippen molar-refractivity contribution in [2.45, 2.75) is 20.3 Å². The second-order valence-electron chi connectivity index (χ2n) is 4.97. The summed E-state index contributed by atoms with van der Waals surface area (Å²) in [4.78, 5) is 13.7. The summed E-state index contributed by atoms with van der Waals surface area (Å²) in [6, 6.07) is 6.01. The van der Waals surface area contributed by atoms with E-state index in [-0.39, 0.29) is 5.91 Å². The lowest BCUT2D eigenvalue weighted by Gasteiger charge is -2.19. The van der Waals surface area contributed by atoms with Gasteiger partial charge in [0.05, 0.1) is 6.54 Å². The number of amides is 1. The Kier molecular flexibility index (Phi) is 5.87. The maximum absolute atomic E-state index is 11.8. The summed E-state index contributed by atoms with van der Waals surface area (Å²) in [5.74, 6) is 1.79. The highest BCUT2D eigenvalue weighted by molar-refractivity contribution is 5.78. The zero-order valence-corrected chi connectivity index (χ0v) is 12.9. The molecule has 0 saturated carbocycles. The lowest BCUT2D eigenvalue weighted by Crippen LogP contribution is -2.38. The fourth-order valence-corrected chi connectivity index (χ4v) is 2.36. The molecule has 0 atom stereocenters. The summed E-state index contributed by atoms with van der Waals surface area (Å²) < 4.78 is 11.1. The van der Waals surface area contributed by atoms with Gasteiger partial charge in [0.15, 0.2) is 11.5 Å². The molecule has 0 fully saturated rings. The van der Waals surface area contributed by atoms with Crippen LogP contribution < -0.4 is 14.8 Å². The average Bonchev–Trinajstić information content (AvgIpc) is 2.52. The Morgan fingerprint density at radius 2 is 1.90 bits per heavy atom. The van der Waals surface area contributed by atoms with Crippen molar-refractivity contribution in [3.63, 3.8) is 0 Å². The molecular formula is C16H24N2O3. The van der Waals surface area contributed by atoms with Crippen LogP contribution in [0.5, 0.6) is 11.5 Å². The SMILES string of the molecule is CCN(CC)C(=O)CNCCc1ccc2c(c1)OCCO2. The molecule has 0 aromatic heterocycles. The highest BCUT2D eigenvalue weighted by Crippen LogP contribution is 2.30. The van der Waals surface area contributed by atoms with E-state index in [0.717, 1.165) is 37.6 Å². The predicted octanol–water partition coefficient (Wildman–Crippen LogP) is 1.46. The number of fused-ring (bicyclic) bond motifs is 1. The van der Waals surface area contributed by atoms with Crippen LogP contribution in [0, 0.1) is 0 Å². The fourth-order valence-electron chi connectivity index (χ4n) is 2.36. The normalized spacial score (nSPS) is 13.0. The summed E-state index contributed by atoms with van der Waals surface area (Å²) in [5.41, 5.74) is 1.18. The molecule has 0 spiro atoms. The van der Waals surface area contributed by atoms with E-state index in [1.54, 1.807) is 0 Å². The predicted molar refractivity (Wildman–Crippen MR) is 81.9 cm³/mol. The largest absolute Gasteiger partial charge is 0.486 e. The summed E-state index contributed by atoms with van der Waals surface area (Å²) in [6.07, 6.45) is 0.863. The molecule has 21 heavy (non-hydrogen) atoms. The topological polar surface area (TPSA) is 50.8 Å². The van der Waals surface area contributed by atoms with Gasteiger partial charge in [0.2, 0.25) is 5.91 Å². The van der Waals surface area contributed by atoms with Crippen LogP contribution in [0.25, 0.3) is 0 Å². The molecule has 1 heterocycles. The van der Waals surface area contributed by atoms with E-state index in [1.807, 2.05) is 36.9 Å². The van der Waals surface area contributed by atoms with E-state index in [1.165, 1.54) is 5.56 Å². The summed E-state index contributed by atoms with van der Waals surface area (Å²) in [7, 11) is 0. The number of hydrogen-bond donors (Lipinski definition) is 1. The number of carbonyl (C=O) groups excluding carboxylic acids is 1. The monoisotopic (exact) mass is 292 g/mol. The molecule has 1 aromatic carbocycles. The molecule has 1 amide bonds. The van der Waals surface area contributed by atoms with Gasteiger partial charge in [0.1, 0.15) is 13.2 Å². The van der Waals surface area contributed by atoms with Gasteiger partial charge in [-0.15, -0.1) is 0 Å². The van der Waals surface area contributed by atoms with Crippen LogP contribution in [0.4, 0.5) is 0 Å². The van der Waals surface area contributed by atoms with Crippen LogP contribution >= 0.6 is 0 Å². The number of likely N-dealkylation sites (N-methyl/N-ethyl adjacent to an activating group) is 1. The van der Waals surface area contributed by atoms with Crippen molar-refractivity contribution in [1.82, 2.24) is 10.2 Å². The molecule has 0 aliphatic carbocycles. The Labute approximate surface area is 126 Å². The summed E-state index contributed by atoms with van der Waals surface area (Å²) >= 11 is 0. The highest BCUT2D eigenvalue weighted by Gasteiger charge is 2.12. The van der Waals surface area contributed by atoms with Gasteiger partial charge in [0, 0.05) is 13.1 Å². The van der Waals surface area contributed by atoms with Crippen molar-refractivity contribution in [2.75, 3.05) is 39.4 Å². The molecule has 5 heteroatoms. The van der Waals surface area contributed by atoms with Crippen LogP contribution in [0.15, 0.2) is 18.2 Å². The first-order valence-electron chi connectivity index (χ1n) is 7.61. The van der Waals surface area contributed by atoms with Crippen molar-refractivity contribution in [1.29, 1.82) is 0 Å². The standard InChI is InChI=1S/C16H24N2O3/c1-3-18(4-2)16(19)12-17-8-7-13-5-6-14-15(11-13)21-10-9-20-14/h5-6,11,17H,3-4,7-10,12H2,1-2H3. The maximum atomic E-state index is 11.8. The second kappa shape index (κ2) is 7.88. The summed E-state index contributed by atoms with van der Waals surface area (Å²) in [6.45, 7) is 7.90. The molecular weight excluding hydrogens is 268 g/mol. The Hall–Kier alpha value is -1.75. The van der Waals surface area contributed by atoms with Crippen molar-refractivity contribution in [3.05, 3.63) is 23.8 Å². The van der Waals surface area contributed by atoms with Gasteiger partial charge in [-0.25, -0.2) is 0 Å². The molecule has 5 nitrogen and oxygen atoms in total. The third-order valence-corrected chi connectivity index (χ3v) is 3.59. The first-order valence-corrected chi connectivity index (χ1v) is 7.61. The van der Waals surface area contributed by atoms with Crippen LogP contribution in [-0.2, 0) is 11.2 Å². The first-order chi connectivity index (χ1) is 10.2. The van der Waals surface area contributed by atoms with Gasteiger partial charge in [-0.1, -0.05) is 6.07 Å². The number of hydrogen-bond acceptors (Lipinski definition) is 4. The van der Waals surface area contributed by atoms with Gasteiger partial charge in [-0.05, 0) is 44.5 Å². The van der Waals surface area contributed by atoms with Crippen LogP contribution in [-0.4, -0.2) is 50.2 Å². The maximum Gasteiger partial charge on any atom is 0.236 e. The fraction of sp³-hybridized carbons (Fsp3) is 0.562. The van der Waals surface area contributed by atoms with Gasteiger partial charge in [-0.3, -0.25) is 4.79 Å². The zero-order chi connectivity index (χ0) is 15.1. The quantitative estimate of drug-likeness (QED) is 0.773. The molecule has 0 unspecified atom stereocenters. The third-order valence-electron chi connectivity index (χ3n) is 3.59. The molecule has 1 aliphatic rings. The number of nitrogens with zero attached hydrogens (tertiary/aromatic N) is 1. The van der Waals surface area contributed by atoms with Crippen LogP contribution in [0.3, 0.4) is 0 Å². The highest BCUT2D eigenvalue weighted by atomic mass is 16.6. The molecule has 0 radical (unpaired) electrons. The second-order valence-corrected chi connectivity index (χ2v) is 4.97. The Morgan fingerprint density at radius 1 is 1.19 bits per heavy atom. The number of rotatable bonds is 7. The number of ether oxygens (including phenoxy) is 2. The Balaban J connectivity index is 1.75. The van der Waals surface area contributed by atoms with E-state index < -0.39 is 0 Å². The van der Waals surface area contributed by atoms with E-state index in [4.69, 9.17) is 9.47 Å². The molecule has 0 bridgehead atoms. The van der Waals surface area contributed by atoms with E-state index in [2.05, 4.69) is 5.32 Å². The van der Waals surface area contributed by atoms with Crippen molar-refractivity contribution in [3.8, 4) is 11.5 Å². The Morgan fingerprint density at radius 3 is 2.62 bits per heavy atom. The lowest BCUT2D eigenvalue weighted by atomic mass is 10.1. The van der Waals surface area contributed by atoms with Crippen molar-refractivity contribution < 1.29 is 14.3 Å². The molecule has 1 aromatic rings. The minimum absolute atomic E-state index is 0.155. The van der Waals surface area contributed by atoms with Gasteiger partial charge in [-0.2, -0.15) is 0 Å². The molecule has 1 N–H and O–H groups in total. The minimum atomic E-state index is 0.155. The number of benzene rings is 1. The molecule has 2 rings (SSSR count). The first kappa shape index (κ1) is 15.6. The number of nitrogens with one attached hydrogen (secondary N) is 1. The molecule has 1 aliphatic heterocycles. The van der Waals surface area contributed by atoms with E-state index in [0.29, 0.717) is 19.8 Å².